The maximum absolute atomic E-state index is 4.39. The summed E-state index contributed by atoms with van der Waals surface area (Å²) < 4.78 is 2.18. The number of nitrogens with one attached hydrogen (secondary N) is 1. The molecule has 0 aliphatic carbocycles. The fourth-order valence-corrected chi connectivity index (χ4v) is 2.01. The van der Waals surface area contributed by atoms with Crippen molar-refractivity contribution in [3.05, 3.63) is 42.2 Å². The minimum absolute atomic E-state index is 0.935. The first-order valence-electron chi connectivity index (χ1n) is 6.71. The average molecular weight is 243 g/mol. The van der Waals surface area contributed by atoms with Crippen LogP contribution in [-0.4, -0.2) is 9.55 Å². The molecule has 0 bridgehead atoms. The van der Waals surface area contributed by atoms with Crippen molar-refractivity contribution in [1.82, 2.24) is 9.55 Å². The van der Waals surface area contributed by atoms with E-state index in [-0.39, 0.29) is 0 Å². The molecule has 0 spiro atoms. The van der Waals surface area contributed by atoms with E-state index in [4.69, 9.17) is 0 Å². The monoisotopic (exact) mass is 243 g/mol. The first kappa shape index (κ1) is 12.7. The molecule has 1 N–H and O–H groups in total. The Bertz CT molecular complexity index is 488. The number of imidazole rings is 1. The highest BCUT2D eigenvalue weighted by Crippen LogP contribution is 2.20. The van der Waals surface area contributed by atoms with Gasteiger partial charge in [-0.3, -0.25) is 0 Å². The predicted molar refractivity (Wildman–Crippen MR) is 76.2 cm³/mol. The lowest BCUT2D eigenvalue weighted by atomic mass is 10.1. The Morgan fingerprint density at radius 3 is 2.83 bits per heavy atom. The Hall–Kier alpha value is -1.77. The SMILES string of the molecule is CCCCn1ccnc1Nc1ccccc1CC. The molecule has 0 radical (unpaired) electrons. The fraction of sp³-hybridized carbons (Fsp3) is 0.400. The van der Waals surface area contributed by atoms with E-state index in [0.717, 1.165) is 24.6 Å². The molecular formula is C15H21N3. The van der Waals surface area contributed by atoms with Crippen molar-refractivity contribution in [1.29, 1.82) is 0 Å². The Morgan fingerprint density at radius 2 is 2.06 bits per heavy atom. The van der Waals surface area contributed by atoms with Gasteiger partial charge in [-0.1, -0.05) is 38.5 Å². The summed E-state index contributed by atoms with van der Waals surface area (Å²) in [5.41, 5.74) is 2.48. The quantitative estimate of drug-likeness (QED) is 0.831. The molecule has 0 atom stereocenters. The predicted octanol–water partition coefficient (Wildman–Crippen LogP) is 3.99. The van der Waals surface area contributed by atoms with Crippen LogP contribution in [0.2, 0.25) is 0 Å². The second kappa shape index (κ2) is 6.24. The zero-order valence-corrected chi connectivity index (χ0v) is 11.2. The van der Waals surface area contributed by atoms with Crippen molar-refractivity contribution in [3.63, 3.8) is 0 Å². The third-order valence-electron chi connectivity index (χ3n) is 3.11. The molecule has 1 heterocycles. The summed E-state index contributed by atoms with van der Waals surface area (Å²) in [6.45, 7) is 5.40. The smallest absolute Gasteiger partial charge is 0.207 e. The number of aromatic nitrogens is 2. The van der Waals surface area contributed by atoms with Gasteiger partial charge in [0.2, 0.25) is 5.95 Å². The summed E-state index contributed by atoms with van der Waals surface area (Å²) in [5.74, 6) is 0.935. The van der Waals surface area contributed by atoms with E-state index in [2.05, 4.69) is 53.0 Å². The summed E-state index contributed by atoms with van der Waals surface area (Å²) >= 11 is 0. The van der Waals surface area contributed by atoms with Crippen molar-refractivity contribution in [2.75, 3.05) is 5.32 Å². The lowest BCUT2D eigenvalue weighted by Crippen LogP contribution is -2.04. The molecule has 3 nitrogen and oxygen atoms in total. The van der Waals surface area contributed by atoms with Crippen LogP contribution in [0.1, 0.15) is 32.3 Å². The van der Waals surface area contributed by atoms with Gasteiger partial charge >= 0.3 is 0 Å². The summed E-state index contributed by atoms with van der Waals surface area (Å²) in [6, 6.07) is 8.40. The molecule has 96 valence electrons. The van der Waals surface area contributed by atoms with E-state index >= 15 is 0 Å². The van der Waals surface area contributed by atoms with Crippen LogP contribution in [0.15, 0.2) is 36.7 Å². The van der Waals surface area contributed by atoms with E-state index in [0.29, 0.717) is 0 Å². The first-order chi connectivity index (χ1) is 8.85. The van der Waals surface area contributed by atoms with Gasteiger partial charge < -0.3 is 9.88 Å². The summed E-state index contributed by atoms with van der Waals surface area (Å²) in [5, 5.41) is 3.43. The van der Waals surface area contributed by atoms with Gasteiger partial charge in [-0.2, -0.15) is 0 Å². The molecule has 0 saturated carbocycles. The maximum Gasteiger partial charge on any atom is 0.207 e. The molecule has 2 rings (SSSR count). The van der Waals surface area contributed by atoms with Crippen LogP contribution in [0.25, 0.3) is 0 Å². The van der Waals surface area contributed by atoms with Crippen molar-refractivity contribution >= 4 is 11.6 Å². The zero-order valence-electron chi connectivity index (χ0n) is 11.2. The van der Waals surface area contributed by atoms with E-state index in [1.54, 1.807) is 0 Å². The molecule has 0 unspecified atom stereocenters. The van der Waals surface area contributed by atoms with Gasteiger partial charge in [-0.05, 0) is 24.5 Å². The van der Waals surface area contributed by atoms with E-state index < -0.39 is 0 Å². The minimum Gasteiger partial charge on any atom is -0.325 e. The highest BCUT2D eigenvalue weighted by Gasteiger charge is 2.05. The Morgan fingerprint density at radius 1 is 1.22 bits per heavy atom. The van der Waals surface area contributed by atoms with Crippen molar-refractivity contribution in [2.45, 2.75) is 39.7 Å². The molecule has 0 fully saturated rings. The number of unbranched alkanes of at least 4 members (excludes halogenated alkanes) is 1. The highest BCUT2D eigenvalue weighted by molar-refractivity contribution is 5.58. The molecule has 0 aliphatic rings. The number of hydrogen-bond acceptors (Lipinski definition) is 2. The van der Waals surface area contributed by atoms with Crippen LogP contribution in [0.3, 0.4) is 0 Å². The molecule has 3 heteroatoms. The third-order valence-corrected chi connectivity index (χ3v) is 3.11. The summed E-state index contributed by atoms with van der Waals surface area (Å²) in [6.07, 6.45) is 7.29. The number of benzene rings is 1. The van der Waals surface area contributed by atoms with Crippen LogP contribution in [0.5, 0.6) is 0 Å². The molecule has 1 aromatic carbocycles. The lowest BCUT2D eigenvalue weighted by Gasteiger charge is -2.12. The van der Waals surface area contributed by atoms with Gasteiger partial charge in [0, 0.05) is 24.6 Å². The molecule has 18 heavy (non-hydrogen) atoms. The van der Waals surface area contributed by atoms with Crippen LogP contribution in [-0.2, 0) is 13.0 Å². The molecule has 1 aromatic heterocycles. The minimum atomic E-state index is 0.935. The lowest BCUT2D eigenvalue weighted by molar-refractivity contribution is 0.638. The molecule has 0 aliphatic heterocycles. The molecular weight excluding hydrogens is 222 g/mol. The number of nitrogens with zero attached hydrogens (tertiary/aromatic N) is 2. The number of para-hydroxylation sites is 1. The molecule has 2 aromatic rings. The van der Waals surface area contributed by atoms with Gasteiger partial charge in [-0.15, -0.1) is 0 Å². The number of aryl methyl sites for hydroxylation is 2. The Balaban J connectivity index is 2.15. The van der Waals surface area contributed by atoms with Gasteiger partial charge in [0.05, 0.1) is 0 Å². The van der Waals surface area contributed by atoms with E-state index in [9.17, 15) is 0 Å². The molecule has 0 amide bonds. The van der Waals surface area contributed by atoms with Gasteiger partial charge in [-0.25, -0.2) is 4.98 Å². The Labute approximate surface area is 109 Å². The second-order valence-corrected chi connectivity index (χ2v) is 4.43. The van der Waals surface area contributed by atoms with Crippen LogP contribution in [0, 0.1) is 0 Å². The highest BCUT2D eigenvalue weighted by atomic mass is 15.2. The summed E-state index contributed by atoms with van der Waals surface area (Å²) in [4.78, 5) is 4.39. The van der Waals surface area contributed by atoms with Gasteiger partial charge in [0.15, 0.2) is 0 Å². The number of anilines is 2. The van der Waals surface area contributed by atoms with E-state index in [1.165, 1.54) is 18.4 Å². The average Bonchev–Trinajstić information content (AvgIpc) is 2.84. The normalized spacial score (nSPS) is 10.6. The molecule has 0 saturated heterocycles. The third kappa shape index (κ3) is 2.92. The van der Waals surface area contributed by atoms with Gasteiger partial charge in [0.1, 0.15) is 0 Å². The fourth-order valence-electron chi connectivity index (χ4n) is 2.01. The largest absolute Gasteiger partial charge is 0.325 e. The second-order valence-electron chi connectivity index (χ2n) is 4.43. The summed E-state index contributed by atoms with van der Waals surface area (Å²) in [7, 11) is 0. The van der Waals surface area contributed by atoms with Crippen molar-refractivity contribution < 1.29 is 0 Å². The maximum atomic E-state index is 4.39. The number of hydrogen-bond donors (Lipinski definition) is 1. The standard InChI is InChI=1S/C15H21N3/c1-3-5-11-18-12-10-16-15(18)17-14-9-7-6-8-13(14)4-2/h6-10,12H,3-5,11H2,1-2H3,(H,16,17). The van der Waals surface area contributed by atoms with Gasteiger partial charge in [0.25, 0.3) is 0 Å². The number of rotatable bonds is 6. The van der Waals surface area contributed by atoms with Crippen molar-refractivity contribution in [3.8, 4) is 0 Å². The van der Waals surface area contributed by atoms with Crippen LogP contribution >= 0.6 is 0 Å². The zero-order chi connectivity index (χ0) is 12.8. The van der Waals surface area contributed by atoms with Crippen LogP contribution in [0.4, 0.5) is 11.6 Å². The van der Waals surface area contributed by atoms with Crippen molar-refractivity contribution in [2.24, 2.45) is 0 Å². The Kier molecular flexibility index (Phi) is 4.40. The van der Waals surface area contributed by atoms with Crippen LogP contribution < -0.4 is 5.32 Å². The van der Waals surface area contributed by atoms with E-state index in [1.807, 2.05) is 12.4 Å². The topological polar surface area (TPSA) is 29.9 Å². The first-order valence-corrected chi connectivity index (χ1v) is 6.71.